The fraction of sp³-hybridized carbons (Fsp3) is 0.778. The zero-order chi connectivity index (χ0) is 32.8. The molecule has 0 saturated heterocycles. The molecule has 1 aromatic rings. The first-order chi connectivity index (χ1) is 22.7. The highest BCUT2D eigenvalue weighted by atomic mass is 32.2. The predicted molar refractivity (Wildman–Crippen MR) is 186 cm³/mol. The molecule has 0 fully saturated rings. The van der Waals surface area contributed by atoms with Crippen molar-refractivity contribution in [3.63, 3.8) is 0 Å². The lowest BCUT2D eigenvalue weighted by molar-refractivity contribution is -0.460. The minimum Gasteiger partial charge on any atom is -0.550 e. The van der Waals surface area contributed by atoms with Gasteiger partial charge in [0.2, 0.25) is 6.67 Å². The Morgan fingerprint density at radius 2 is 1.54 bits per heavy atom. The molecule has 2 rings (SSSR count). The second-order valence-electron chi connectivity index (χ2n) is 12.2. The summed E-state index contributed by atoms with van der Waals surface area (Å²) < 4.78 is 19.9. The van der Waals surface area contributed by atoms with Crippen LogP contribution in [0.1, 0.15) is 122 Å². The number of carboxylic acids is 1. The summed E-state index contributed by atoms with van der Waals surface area (Å²) in [4.78, 5) is 21.1. The summed E-state index contributed by atoms with van der Waals surface area (Å²) in [5, 5.41) is 10.6. The Balaban J connectivity index is 1.44. The van der Waals surface area contributed by atoms with E-state index in [1.807, 2.05) is 23.2 Å². The fourth-order valence-electron chi connectivity index (χ4n) is 5.29. The maximum Gasteiger partial charge on any atom is 0.316 e. The summed E-state index contributed by atoms with van der Waals surface area (Å²) in [7, 11) is 0. The van der Waals surface area contributed by atoms with Crippen molar-refractivity contribution in [1.82, 2.24) is 14.9 Å². The molecular weight excluding hydrogens is 600 g/mol. The molecule has 1 aliphatic rings. The van der Waals surface area contributed by atoms with Crippen LogP contribution in [-0.4, -0.2) is 88.9 Å². The number of thioether (sulfide) groups is 1. The van der Waals surface area contributed by atoms with E-state index in [0.717, 1.165) is 31.1 Å². The molecule has 0 radical (unpaired) electrons. The third-order valence-corrected chi connectivity index (χ3v) is 9.05. The summed E-state index contributed by atoms with van der Waals surface area (Å²) in [5.74, 6) is 0.631. The van der Waals surface area contributed by atoms with Crippen molar-refractivity contribution in [1.29, 1.82) is 0 Å². The molecule has 262 valence electrons. The van der Waals surface area contributed by atoms with E-state index in [1.54, 1.807) is 30.2 Å². The van der Waals surface area contributed by atoms with Gasteiger partial charge in [-0.05, 0) is 18.9 Å². The Labute approximate surface area is 283 Å². The Bertz CT molecular complexity index is 921. The van der Waals surface area contributed by atoms with E-state index >= 15 is 0 Å². The number of carbonyl (C=O) groups excluding carboxylic acids is 1. The molecule has 0 spiro atoms. The number of carboxylic acid groups (broad SMARTS) is 1. The average molecular weight is 663 g/mol. The minimum atomic E-state index is -1.02. The molecule has 10 heteroatoms. The van der Waals surface area contributed by atoms with Gasteiger partial charge >= 0.3 is 6.01 Å². The first-order valence-corrected chi connectivity index (χ1v) is 19.2. The number of unbranched alkanes of at least 4 members (excludes halogenated alkanes) is 15. The molecule has 1 aliphatic heterocycles. The van der Waals surface area contributed by atoms with E-state index < -0.39 is 5.97 Å². The first-order valence-electron chi connectivity index (χ1n) is 18.1. The van der Waals surface area contributed by atoms with Crippen molar-refractivity contribution in [3.05, 3.63) is 30.9 Å². The van der Waals surface area contributed by atoms with Crippen LogP contribution in [0.3, 0.4) is 0 Å². The Morgan fingerprint density at radius 1 is 0.913 bits per heavy atom. The van der Waals surface area contributed by atoms with E-state index in [9.17, 15) is 9.90 Å². The second-order valence-corrected chi connectivity index (χ2v) is 13.3. The number of hydrogen-bond donors (Lipinski definition) is 0. The van der Waals surface area contributed by atoms with Crippen molar-refractivity contribution >= 4 is 23.9 Å². The van der Waals surface area contributed by atoms with E-state index in [4.69, 9.17) is 14.2 Å². The van der Waals surface area contributed by atoms with Gasteiger partial charge in [-0.15, -0.1) is 0 Å². The molecule has 0 bridgehead atoms. The Hall–Kier alpha value is -2.17. The Kier molecular flexibility index (Phi) is 25.2. The molecule has 0 saturated carbocycles. The molecule has 0 aromatic carbocycles. The second kappa shape index (κ2) is 29.0. The standard InChI is InChI=1S/C36H62N4O5S/c1-2-3-4-5-6-7-8-9-10-11-12-13-14-15-16-17-27-44-31-34(45-36-37-21-19-22-38-36)32-46-30-29-43-28-26-40-25-24-39(33-40)23-18-20-35(41)42/h19,21-25,34H,2-18,20,26-33H2,1H3. The first kappa shape index (κ1) is 40.0. The quantitative estimate of drug-likeness (QED) is 0.0623. The summed E-state index contributed by atoms with van der Waals surface area (Å²) >= 11 is 1.79. The topological polar surface area (TPSA) is 99.9 Å². The van der Waals surface area contributed by atoms with Gasteiger partial charge in [-0.1, -0.05) is 103 Å². The van der Waals surface area contributed by atoms with Crippen molar-refractivity contribution < 1.29 is 28.7 Å². The van der Waals surface area contributed by atoms with Crippen LogP contribution in [0, 0.1) is 0 Å². The van der Waals surface area contributed by atoms with Crippen molar-refractivity contribution in [2.45, 2.75) is 129 Å². The monoisotopic (exact) mass is 662 g/mol. The molecule has 0 aliphatic carbocycles. The molecular formula is C36H62N4O5S. The minimum absolute atomic E-state index is 0.0427. The fourth-order valence-corrected chi connectivity index (χ4v) is 6.12. The van der Waals surface area contributed by atoms with Gasteiger partial charge < -0.3 is 29.0 Å². The van der Waals surface area contributed by atoms with Crippen LogP contribution >= 0.6 is 11.8 Å². The van der Waals surface area contributed by atoms with Gasteiger partial charge in [0.05, 0.1) is 26.0 Å². The molecule has 1 unspecified atom stereocenters. The van der Waals surface area contributed by atoms with Crippen molar-refractivity contribution in [2.75, 3.05) is 51.1 Å². The van der Waals surface area contributed by atoms with E-state index in [2.05, 4.69) is 21.8 Å². The molecule has 1 atom stereocenters. The number of aromatic nitrogens is 2. The number of nitrogens with zero attached hydrogens (tertiary/aromatic N) is 4. The molecule has 2 heterocycles. The number of ether oxygens (including phenoxy) is 3. The maximum atomic E-state index is 10.6. The smallest absolute Gasteiger partial charge is 0.316 e. The van der Waals surface area contributed by atoms with Crippen LogP contribution in [0.2, 0.25) is 0 Å². The van der Waals surface area contributed by atoms with Gasteiger partial charge in [0.1, 0.15) is 12.3 Å². The van der Waals surface area contributed by atoms with E-state index in [0.29, 0.717) is 38.9 Å². The lowest BCUT2D eigenvalue weighted by Crippen LogP contribution is -2.27. The number of rotatable bonds is 32. The highest BCUT2D eigenvalue weighted by molar-refractivity contribution is 7.99. The van der Waals surface area contributed by atoms with Gasteiger partial charge in [-0.25, -0.2) is 9.97 Å². The number of carbonyl (C=O) groups is 1. The highest BCUT2D eigenvalue weighted by Gasteiger charge is 2.15. The zero-order valence-corrected chi connectivity index (χ0v) is 29.5. The van der Waals surface area contributed by atoms with E-state index in [-0.39, 0.29) is 12.5 Å². The molecule has 9 nitrogen and oxygen atoms in total. The summed E-state index contributed by atoms with van der Waals surface area (Å²) in [6.45, 7) is 6.38. The molecule has 0 amide bonds. The van der Waals surface area contributed by atoms with Gasteiger partial charge in [0.25, 0.3) is 0 Å². The van der Waals surface area contributed by atoms with Gasteiger partial charge in [-0.2, -0.15) is 16.3 Å². The highest BCUT2D eigenvalue weighted by Crippen LogP contribution is 2.14. The molecule has 1 aromatic heterocycles. The molecule has 0 N–H and O–H groups in total. The summed E-state index contributed by atoms with van der Waals surface area (Å²) in [5.41, 5.74) is 0. The van der Waals surface area contributed by atoms with Crippen molar-refractivity contribution in [2.24, 2.45) is 0 Å². The summed E-state index contributed by atoms with van der Waals surface area (Å²) in [6, 6.07) is 2.17. The zero-order valence-electron chi connectivity index (χ0n) is 28.7. The van der Waals surface area contributed by atoms with E-state index in [1.165, 1.54) is 96.3 Å². The van der Waals surface area contributed by atoms with Crippen LogP contribution in [0.15, 0.2) is 30.9 Å². The largest absolute Gasteiger partial charge is 0.550 e. The average Bonchev–Trinajstić information content (AvgIpc) is 3.51. The van der Waals surface area contributed by atoms with Crippen LogP contribution in [0.4, 0.5) is 0 Å². The van der Waals surface area contributed by atoms with Crippen molar-refractivity contribution in [3.8, 4) is 6.01 Å². The summed E-state index contributed by atoms with van der Waals surface area (Å²) in [6.07, 6.45) is 31.5. The maximum absolute atomic E-state index is 10.6. The normalized spacial score (nSPS) is 14.4. The van der Waals surface area contributed by atoms with Gasteiger partial charge in [0.15, 0.2) is 6.20 Å². The third kappa shape index (κ3) is 23.2. The van der Waals surface area contributed by atoms with Gasteiger partial charge in [0, 0.05) is 49.4 Å². The van der Waals surface area contributed by atoms with Crippen LogP contribution in [0.25, 0.3) is 0 Å². The number of aliphatic carboxylic acids is 1. The van der Waals surface area contributed by atoms with Crippen LogP contribution < -0.4 is 9.84 Å². The van der Waals surface area contributed by atoms with Crippen LogP contribution in [-0.2, 0) is 14.3 Å². The lowest BCUT2D eigenvalue weighted by Gasteiger charge is -2.18. The molecule has 46 heavy (non-hydrogen) atoms. The SMILES string of the molecule is CCCCCCCCCCCCCCCCCCOCC(CSCCOCCN1C=C[N+](=CCCC(=O)[O-])C1)Oc1ncccn1. The predicted octanol–water partition coefficient (Wildman–Crippen LogP) is 6.61. The Morgan fingerprint density at radius 3 is 2.17 bits per heavy atom. The number of hydrogen-bond acceptors (Lipinski definition) is 9. The van der Waals surface area contributed by atoms with Gasteiger partial charge in [-0.3, -0.25) is 0 Å². The lowest BCUT2D eigenvalue weighted by atomic mass is 10.0. The van der Waals surface area contributed by atoms with Crippen LogP contribution in [0.5, 0.6) is 6.01 Å². The third-order valence-electron chi connectivity index (χ3n) is 7.98.